The molecule has 1 aromatic rings. The molecule has 1 aromatic carbocycles. The second-order valence-electron chi connectivity index (χ2n) is 3.00. The summed E-state index contributed by atoms with van der Waals surface area (Å²) in [6, 6.07) is 10.2. The standard InChI is InChI=1S/C10H16N2O/c11-12(8-9-13)7-6-10-4-2-1-3-5-10/h1-5,13H,6-9,11H2. The summed E-state index contributed by atoms with van der Waals surface area (Å²) >= 11 is 0. The molecule has 0 bridgehead atoms. The molecular formula is C10H16N2O. The molecule has 0 radical (unpaired) electrons. The van der Waals surface area contributed by atoms with Gasteiger partial charge in [0.25, 0.3) is 0 Å². The van der Waals surface area contributed by atoms with Gasteiger partial charge in [0, 0.05) is 13.1 Å². The van der Waals surface area contributed by atoms with E-state index in [2.05, 4.69) is 12.1 Å². The van der Waals surface area contributed by atoms with Crippen LogP contribution < -0.4 is 5.84 Å². The summed E-state index contributed by atoms with van der Waals surface area (Å²) < 4.78 is 0. The molecular weight excluding hydrogens is 164 g/mol. The van der Waals surface area contributed by atoms with Crippen molar-refractivity contribution in [1.29, 1.82) is 0 Å². The number of hydrogen-bond acceptors (Lipinski definition) is 3. The van der Waals surface area contributed by atoms with Crippen molar-refractivity contribution in [3.05, 3.63) is 35.9 Å². The minimum atomic E-state index is 0.116. The van der Waals surface area contributed by atoms with Gasteiger partial charge in [0.15, 0.2) is 0 Å². The predicted octanol–water partition coefficient (Wildman–Crippen LogP) is 0.397. The first kappa shape index (κ1) is 10.2. The Morgan fingerprint density at radius 3 is 2.46 bits per heavy atom. The number of hydrazine groups is 1. The average Bonchev–Trinajstić information content (AvgIpc) is 2.17. The highest BCUT2D eigenvalue weighted by atomic mass is 16.3. The molecule has 0 unspecified atom stereocenters. The van der Waals surface area contributed by atoms with Crippen LogP contribution in [0.15, 0.2) is 30.3 Å². The number of nitrogens with two attached hydrogens (primary N) is 1. The molecule has 3 heteroatoms. The zero-order chi connectivity index (χ0) is 9.52. The van der Waals surface area contributed by atoms with Crippen LogP contribution in [0.4, 0.5) is 0 Å². The van der Waals surface area contributed by atoms with Gasteiger partial charge in [-0.15, -0.1) is 0 Å². The van der Waals surface area contributed by atoms with Crippen molar-refractivity contribution in [2.24, 2.45) is 5.84 Å². The van der Waals surface area contributed by atoms with Crippen LogP contribution in [0.25, 0.3) is 0 Å². The summed E-state index contributed by atoms with van der Waals surface area (Å²) in [5, 5.41) is 10.2. The van der Waals surface area contributed by atoms with Gasteiger partial charge in [-0.05, 0) is 12.0 Å². The molecule has 0 saturated heterocycles. The lowest BCUT2D eigenvalue weighted by atomic mass is 10.1. The van der Waals surface area contributed by atoms with Crippen molar-refractivity contribution >= 4 is 0 Å². The zero-order valence-corrected chi connectivity index (χ0v) is 7.69. The maximum atomic E-state index is 8.61. The normalized spacial score (nSPS) is 10.7. The molecule has 0 aliphatic rings. The third kappa shape index (κ3) is 4.03. The molecule has 0 heterocycles. The van der Waals surface area contributed by atoms with Crippen LogP contribution >= 0.6 is 0 Å². The fraction of sp³-hybridized carbons (Fsp3) is 0.400. The van der Waals surface area contributed by atoms with Crippen molar-refractivity contribution < 1.29 is 5.11 Å². The summed E-state index contributed by atoms with van der Waals surface area (Å²) in [5.74, 6) is 5.61. The molecule has 0 fully saturated rings. The van der Waals surface area contributed by atoms with Crippen LogP contribution in [-0.4, -0.2) is 29.8 Å². The molecule has 0 aliphatic carbocycles. The Morgan fingerprint density at radius 1 is 1.15 bits per heavy atom. The molecule has 0 amide bonds. The van der Waals surface area contributed by atoms with E-state index in [0.717, 1.165) is 13.0 Å². The van der Waals surface area contributed by atoms with Gasteiger partial charge in [-0.25, -0.2) is 5.01 Å². The quantitative estimate of drug-likeness (QED) is 0.509. The lowest BCUT2D eigenvalue weighted by Gasteiger charge is -2.14. The molecule has 0 aliphatic heterocycles. The predicted molar refractivity (Wildman–Crippen MR) is 53.0 cm³/mol. The van der Waals surface area contributed by atoms with E-state index in [1.807, 2.05) is 18.2 Å². The van der Waals surface area contributed by atoms with Crippen molar-refractivity contribution in [2.45, 2.75) is 6.42 Å². The number of nitrogens with zero attached hydrogens (tertiary/aromatic N) is 1. The highest BCUT2D eigenvalue weighted by Crippen LogP contribution is 1.99. The first-order chi connectivity index (χ1) is 6.33. The Hall–Kier alpha value is -0.900. The van der Waals surface area contributed by atoms with Crippen LogP contribution in [0.1, 0.15) is 5.56 Å². The summed E-state index contributed by atoms with van der Waals surface area (Å²) in [6.07, 6.45) is 0.928. The summed E-state index contributed by atoms with van der Waals surface area (Å²) in [4.78, 5) is 0. The fourth-order valence-corrected chi connectivity index (χ4v) is 1.16. The minimum Gasteiger partial charge on any atom is -0.395 e. The van der Waals surface area contributed by atoms with E-state index in [-0.39, 0.29) is 6.61 Å². The van der Waals surface area contributed by atoms with Gasteiger partial charge in [-0.1, -0.05) is 30.3 Å². The Labute approximate surface area is 78.8 Å². The second kappa shape index (κ2) is 5.70. The van der Waals surface area contributed by atoms with E-state index in [1.54, 1.807) is 5.01 Å². The third-order valence-corrected chi connectivity index (χ3v) is 1.92. The van der Waals surface area contributed by atoms with Crippen LogP contribution in [0.2, 0.25) is 0 Å². The fourth-order valence-electron chi connectivity index (χ4n) is 1.16. The molecule has 72 valence electrons. The van der Waals surface area contributed by atoms with Crippen molar-refractivity contribution in [3.8, 4) is 0 Å². The Kier molecular flexibility index (Phi) is 4.46. The summed E-state index contributed by atoms with van der Waals surface area (Å²) in [5.41, 5.74) is 1.27. The van der Waals surface area contributed by atoms with Gasteiger partial charge in [0.1, 0.15) is 0 Å². The van der Waals surface area contributed by atoms with E-state index in [4.69, 9.17) is 10.9 Å². The average molecular weight is 180 g/mol. The van der Waals surface area contributed by atoms with E-state index < -0.39 is 0 Å². The van der Waals surface area contributed by atoms with Gasteiger partial charge in [-0.2, -0.15) is 0 Å². The van der Waals surface area contributed by atoms with Gasteiger partial charge in [0.05, 0.1) is 6.61 Å². The van der Waals surface area contributed by atoms with Crippen LogP contribution in [-0.2, 0) is 6.42 Å². The number of aliphatic hydroxyl groups is 1. The Morgan fingerprint density at radius 2 is 1.85 bits per heavy atom. The van der Waals surface area contributed by atoms with Crippen molar-refractivity contribution in [3.63, 3.8) is 0 Å². The monoisotopic (exact) mass is 180 g/mol. The highest BCUT2D eigenvalue weighted by molar-refractivity contribution is 5.14. The molecule has 0 saturated carbocycles. The summed E-state index contributed by atoms with van der Waals surface area (Å²) in [7, 11) is 0. The van der Waals surface area contributed by atoms with Crippen molar-refractivity contribution in [1.82, 2.24) is 5.01 Å². The molecule has 3 N–H and O–H groups in total. The van der Waals surface area contributed by atoms with Crippen molar-refractivity contribution in [2.75, 3.05) is 19.7 Å². The van der Waals surface area contributed by atoms with Gasteiger partial charge in [0.2, 0.25) is 0 Å². The largest absolute Gasteiger partial charge is 0.395 e. The molecule has 0 spiro atoms. The highest BCUT2D eigenvalue weighted by Gasteiger charge is 1.97. The summed E-state index contributed by atoms with van der Waals surface area (Å²) in [6.45, 7) is 1.43. The second-order valence-corrected chi connectivity index (χ2v) is 3.00. The number of rotatable bonds is 5. The topological polar surface area (TPSA) is 49.5 Å². The van der Waals surface area contributed by atoms with Gasteiger partial charge >= 0.3 is 0 Å². The minimum absolute atomic E-state index is 0.116. The van der Waals surface area contributed by atoms with E-state index >= 15 is 0 Å². The van der Waals surface area contributed by atoms with E-state index in [0.29, 0.717) is 6.54 Å². The molecule has 1 rings (SSSR count). The smallest absolute Gasteiger partial charge is 0.0572 e. The lowest BCUT2D eigenvalue weighted by molar-refractivity contribution is 0.200. The van der Waals surface area contributed by atoms with E-state index in [9.17, 15) is 0 Å². The first-order valence-electron chi connectivity index (χ1n) is 4.47. The Bertz CT molecular complexity index is 226. The lowest BCUT2D eigenvalue weighted by Crippen LogP contribution is -2.35. The molecule has 0 atom stereocenters. The van der Waals surface area contributed by atoms with E-state index in [1.165, 1.54) is 5.56 Å². The van der Waals surface area contributed by atoms with Gasteiger partial charge < -0.3 is 5.11 Å². The SMILES string of the molecule is NN(CCO)CCc1ccccc1. The third-order valence-electron chi connectivity index (χ3n) is 1.92. The molecule has 13 heavy (non-hydrogen) atoms. The molecule has 0 aromatic heterocycles. The number of aliphatic hydroxyl groups excluding tert-OH is 1. The Balaban J connectivity index is 2.27. The zero-order valence-electron chi connectivity index (χ0n) is 7.69. The van der Waals surface area contributed by atoms with Gasteiger partial charge in [-0.3, -0.25) is 5.84 Å². The van der Waals surface area contributed by atoms with Crippen LogP contribution in [0.3, 0.4) is 0 Å². The maximum Gasteiger partial charge on any atom is 0.0572 e. The van der Waals surface area contributed by atoms with Crippen LogP contribution in [0, 0.1) is 0 Å². The maximum absolute atomic E-state index is 8.61. The molecule has 3 nitrogen and oxygen atoms in total. The first-order valence-corrected chi connectivity index (χ1v) is 4.47. The number of hydrogen-bond donors (Lipinski definition) is 2. The van der Waals surface area contributed by atoms with Crippen LogP contribution in [0.5, 0.6) is 0 Å². The number of benzene rings is 1.